The molecule has 0 aliphatic rings. The van der Waals surface area contributed by atoms with Crippen molar-refractivity contribution in [2.45, 2.75) is 37.2 Å². The number of rotatable bonds is 9. The van der Waals surface area contributed by atoms with E-state index in [-0.39, 0.29) is 11.9 Å². The summed E-state index contributed by atoms with van der Waals surface area (Å²) in [6, 6.07) is 16.8. The van der Waals surface area contributed by atoms with E-state index in [9.17, 15) is 4.79 Å². The molecule has 1 amide bonds. The Morgan fingerprint density at radius 3 is 2.52 bits per heavy atom. The number of carbonyl (C=O) groups is 1. The first-order valence-electron chi connectivity index (χ1n) is 9.53. The lowest BCUT2D eigenvalue weighted by atomic mass is 10.2. The van der Waals surface area contributed by atoms with Gasteiger partial charge in [-0.05, 0) is 43.2 Å². The van der Waals surface area contributed by atoms with Crippen LogP contribution in [0.1, 0.15) is 31.9 Å². The van der Waals surface area contributed by atoms with Gasteiger partial charge in [0.1, 0.15) is 11.8 Å². The molecule has 0 radical (unpaired) electrons. The van der Waals surface area contributed by atoms with Crippen LogP contribution in [0, 0.1) is 0 Å². The Hall–Kier alpha value is -3.00. The maximum atomic E-state index is 12.9. The summed E-state index contributed by atoms with van der Waals surface area (Å²) in [6.07, 6.45) is 0.560. The monoisotopic (exact) mass is 411 g/mol. The largest absolute Gasteiger partial charge is 0.494 e. The number of aromatic nitrogens is 3. The summed E-state index contributed by atoms with van der Waals surface area (Å²) in [6.45, 7) is 4.46. The standard InChI is InChI=1S/C21H25N5O2S/c1-3-18(19(27)23-16-10-12-17(13-11-16)28-4-2)26-20(22)24-25-21(26)29-14-15-8-6-5-7-9-15/h5-13,18H,3-4,14H2,1-2H3,(H2,22,24)(H,23,27). The second-order valence-corrected chi connectivity index (χ2v) is 7.30. The minimum atomic E-state index is -0.505. The highest BCUT2D eigenvalue weighted by atomic mass is 32.2. The van der Waals surface area contributed by atoms with E-state index < -0.39 is 6.04 Å². The van der Waals surface area contributed by atoms with Crippen molar-refractivity contribution < 1.29 is 9.53 Å². The van der Waals surface area contributed by atoms with Crippen LogP contribution < -0.4 is 15.8 Å². The molecule has 2 aromatic carbocycles. The Morgan fingerprint density at radius 2 is 1.86 bits per heavy atom. The van der Waals surface area contributed by atoms with Crippen molar-refractivity contribution in [3.05, 3.63) is 60.2 Å². The lowest BCUT2D eigenvalue weighted by Gasteiger charge is -2.19. The third kappa shape index (κ3) is 5.29. The maximum absolute atomic E-state index is 12.9. The molecule has 152 valence electrons. The zero-order chi connectivity index (χ0) is 20.6. The van der Waals surface area contributed by atoms with Crippen molar-refractivity contribution in [3.8, 4) is 5.75 Å². The Labute approximate surface area is 174 Å². The van der Waals surface area contributed by atoms with Gasteiger partial charge in [-0.15, -0.1) is 10.2 Å². The fourth-order valence-corrected chi connectivity index (χ4v) is 3.86. The highest BCUT2D eigenvalue weighted by Gasteiger charge is 2.25. The first-order chi connectivity index (χ1) is 14.1. The summed E-state index contributed by atoms with van der Waals surface area (Å²) in [5.41, 5.74) is 7.91. The van der Waals surface area contributed by atoms with E-state index in [1.54, 1.807) is 4.57 Å². The van der Waals surface area contributed by atoms with Gasteiger partial charge in [0.2, 0.25) is 11.9 Å². The molecule has 1 aromatic heterocycles. The van der Waals surface area contributed by atoms with Crippen LogP contribution in [-0.2, 0) is 10.5 Å². The van der Waals surface area contributed by atoms with Crippen LogP contribution >= 0.6 is 11.8 Å². The van der Waals surface area contributed by atoms with Crippen LogP contribution in [0.15, 0.2) is 59.8 Å². The smallest absolute Gasteiger partial charge is 0.247 e. The van der Waals surface area contributed by atoms with Gasteiger partial charge < -0.3 is 15.8 Å². The fraction of sp³-hybridized carbons (Fsp3) is 0.286. The molecular formula is C21H25N5O2S. The minimum Gasteiger partial charge on any atom is -0.494 e. The van der Waals surface area contributed by atoms with Crippen molar-refractivity contribution >= 4 is 29.3 Å². The number of amides is 1. The molecule has 7 nitrogen and oxygen atoms in total. The summed E-state index contributed by atoms with van der Waals surface area (Å²) >= 11 is 1.51. The maximum Gasteiger partial charge on any atom is 0.247 e. The Bertz CT molecular complexity index is 928. The van der Waals surface area contributed by atoms with Crippen LogP contribution in [-0.4, -0.2) is 27.3 Å². The van der Waals surface area contributed by atoms with E-state index in [1.807, 2.05) is 68.4 Å². The lowest BCUT2D eigenvalue weighted by Crippen LogP contribution is -2.27. The van der Waals surface area contributed by atoms with Gasteiger partial charge in [0.25, 0.3) is 0 Å². The number of hydrogen-bond acceptors (Lipinski definition) is 6. The number of nitrogens with zero attached hydrogens (tertiary/aromatic N) is 3. The highest BCUT2D eigenvalue weighted by molar-refractivity contribution is 7.98. The van der Waals surface area contributed by atoms with Gasteiger partial charge in [-0.3, -0.25) is 9.36 Å². The molecule has 0 aliphatic carbocycles. The Morgan fingerprint density at radius 1 is 1.14 bits per heavy atom. The molecule has 3 aromatic rings. The van der Waals surface area contributed by atoms with Crippen molar-refractivity contribution in [1.29, 1.82) is 0 Å². The SMILES string of the molecule is CCOc1ccc(NC(=O)C(CC)n2c(N)nnc2SCc2ccccc2)cc1. The second-order valence-electron chi connectivity index (χ2n) is 6.36. The normalized spacial score (nSPS) is 11.8. The molecule has 1 heterocycles. The molecule has 0 saturated carbocycles. The predicted octanol–water partition coefficient (Wildman–Crippen LogP) is 4.14. The second kappa shape index (κ2) is 9.97. The zero-order valence-electron chi connectivity index (χ0n) is 16.5. The van der Waals surface area contributed by atoms with E-state index in [0.29, 0.717) is 23.9 Å². The van der Waals surface area contributed by atoms with Crippen molar-refractivity contribution in [1.82, 2.24) is 14.8 Å². The quantitative estimate of drug-likeness (QED) is 0.514. The summed E-state index contributed by atoms with van der Waals surface area (Å²) in [5, 5.41) is 11.7. The van der Waals surface area contributed by atoms with Crippen molar-refractivity contribution in [3.63, 3.8) is 0 Å². The zero-order valence-corrected chi connectivity index (χ0v) is 17.4. The number of hydrogen-bond donors (Lipinski definition) is 2. The number of nitrogen functional groups attached to an aromatic ring is 1. The molecule has 1 atom stereocenters. The summed E-state index contributed by atoms with van der Waals surface area (Å²) in [5.74, 6) is 1.55. The predicted molar refractivity (Wildman–Crippen MR) is 116 cm³/mol. The van der Waals surface area contributed by atoms with Gasteiger partial charge in [-0.2, -0.15) is 0 Å². The number of nitrogens with one attached hydrogen (secondary N) is 1. The molecule has 0 spiro atoms. The number of benzene rings is 2. The average molecular weight is 412 g/mol. The number of ether oxygens (including phenoxy) is 1. The Balaban J connectivity index is 1.73. The van der Waals surface area contributed by atoms with Crippen LogP contribution in [0.25, 0.3) is 0 Å². The van der Waals surface area contributed by atoms with Gasteiger partial charge in [0, 0.05) is 11.4 Å². The molecule has 8 heteroatoms. The molecule has 1 unspecified atom stereocenters. The van der Waals surface area contributed by atoms with E-state index in [2.05, 4.69) is 15.5 Å². The van der Waals surface area contributed by atoms with Crippen molar-refractivity contribution in [2.75, 3.05) is 17.7 Å². The third-order valence-electron chi connectivity index (χ3n) is 4.34. The van der Waals surface area contributed by atoms with Gasteiger partial charge in [-0.25, -0.2) is 0 Å². The fourth-order valence-electron chi connectivity index (χ4n) is 2.91. The summed E-state index contributed by atoms with van der Waals surface area (Å²) in [7, 11) is 0. The van der Waals surface area contributed by atoms with E-state index in [1.165, 1.54) is 11.8 Å². The molecule has 0 aliphatic heterocycles. The summed E-state index contributed by atoms with van der Waals surface area (Å²) < 4.78 is 7.14. The molecule has 3 rings (SSSR count). The molecule has 0 bridgehead atoms. The highest BCUT2D eigenvalue weighted by Crippen LogP contribution is 2.28. The van der Waals surface area contributed by atoms with Crippen LogP contribution in [0.4, 0.5) is 11.6 Å². The van der Waals surface area contributed by atoms with Crippen LogP contribution in [0.3, 0.4) is 0 Å². The molecule has 3 N–H and O–H groups in total. The van der Waals surface area contributed by atoms with Crippen molar-refractivity contribution in [2.24, 2.45) is 0 Å². The number of anilines is 2. The van der Waals surface area contributed by atoms with E-state index in [4.69, 9.17) is 10.5 Å². The van der Waals surface area contributed by atoms with Crippen LogP contribution in [0.5, 0.6) is 5.75 Å². The van der Waals surface area contributed by atoms with E-state index >= 15 is 0 Å². The summed E-state index contributed by atoms with van der Waals surface area (Å²) in [4.78, 5) is 12.9. The minimum absolute atomic E-state index is 0.162. The lowest BCUT2D eigenvalue weighted by molar-refractivity contribution is -0.119. The number of thioether (sulfide) groups is 1. The number of carbonyl (C=O) groups excluding carboxylic acids is 1. The molecular weight excluding hydrogens is 386 g/mol. The topological polar surface area (TPSA) is 95.1 Å². The molecule has 0 saturated heterocycles. The first-order valence-corrected chi connectivity index (χ1v) is 10.5. The molecule has 0 fully saturated rings. The third-order valence-corrected chi connectivity index (χ3v) is 5.35. The van der Waals surface area contributed by atoms with E-state index in [0.717, 1.165) is 17.1 Å². The average Bonchev–Trinajstić information content (AvgIpc) is 3.10. The van der Waals surface area contributed by atoms with Gasteiger partial charge in [0.05, 0.1) is 6.61 Å². The number of nitrogens with two attached hydrogens (primary N) is 1. The van der Waals surface area contributed by atoms with Crippen LogP contribution in [0.2, 0.25) is 0 Å². The molecule has 29 heavy (non-hydrogen) atoms. The Kier molecular flexibility index (Phi) is 7.13. The van der Waals surface area contributed by atoms with Gasteiger partial charge in [0.15, 0.2) is 5.16 Å². The first kappa shape index (κ1) is 20.7. The van der Waals surface area contributed by atoms with Gasteiger partial charge >= 0.3 is 0 Å². The van der Waals surface area contributed by atoms with Gasteiger partial charge in [-0.1, -0.05) is 49.0 Å².